The molecule has 0 bridgehead atoms. The second-order valence-corrected chi connectivity index (χ2v) is 4.88. The molecular formula is C17H20O4. The van der Waals surface area contributed by atoms with E-state index >= 15 is 0 Å². The highest BCUT2D eigenvalue weighted by molar-refractivity contribution is 6.10. The van der Waals surface area contributed by atoms with Crippen molar-refractivity contribution in [2.45, 2.75) is 20.0 Å². The molecule has 0 radical (unpaired) electrons. The molecule has 0 spiro atoms. The minimum absolute atomic E-state index is 0.0462. The quantitative estimate of drug-likeness (QED) is 0.796. The van der Waals surface area contributed by atoms with Crippen LogP contribution in [0.4, 0.5) is 0 Å². The van der Waals surface area contributed by atoms with Gasteiger partial charge in [-0.15, -0.1) is 0 Å². The van der Waals surface area contributed by atoms with Crippen LogP contribution in [-0.2, 0) is 4.74 Å². The van der Waals surface area contributed by atoms with Crippen LogP contribution in [0.25, 0.3) is 10.8 Å². The van der Waals surface area contributed by atoms with E-state index in [-0.39, 0.29) is 19.0 Å². The number of fused-ring (bicyclic) bond motifs is 1. The van der Waals surface area contributed by atoms with Gasteiger partial charge in [0.2, 0.25) is 0 Å². The standard InChI is InChI=1S/C17H20O4/c1-3-20-11-16(19)14-8-9-17(21-10-12(2)18)15-7-5-4-6-13(14)15/h4-9,12,18H,3,10-11H2,1-2H3/t12-/m0/s1. The number of hydrogen-bond acceptors (Lipinski definition) is 4. The summed E-state index contributed by atoms with van der Waals surface area (Å²) < 4.78 is 10.8. The predicted octanol–water partition coefficient (Wildman–Crippen LogP) is 2.82. The molecule has 2 rings (SSSR count). The summed E-state index contributed by atoms with van der Waals surface area (Å²) in [5.74, 6) is 0.620. The second kappa shape index (κ2) is 7.20. The lowest BCUT2D eigenvalue weighted by molar-refractivity contribution is 0.0785. The van der Waals surface area contributed by atoms with E-state index in [0.29, 0.717) is 17.9 Å². The lowest BCUT2D eigenvalue weighted by Crippen LogP contribution is -2.13. The van der Waals surface area contributed by atoms with Crippen LogP contribution in [0, 0.1) is 0 Å². The number of rotatable bonds is 7. The van der Waals surface area contributed by atoms with Crippen LogP contribution in [0.2, 0.25) is 0 Å². The lowest BCUT2D eigenvalue weighted by atomic mass is 10.0. The van der Waals surface area contributed by atoms with Crippen molar-refractivity contribution in [1.82, 2.24) is 0 Å². The van der Waals surface area contributed by atoms with Gasteiger partial charge in [0.15, 0.2) is 5.78 Å². The fraction of sp³-hybridized carbons (Fsp3) is 0.353. The van der Waals surface area contributed by atoms with Crippen molar-refractivity contribution in [3.63, 3.8) is 0 Å². The van der Waals surface area contributed by atoms with Crippen molar-refractivity contribution in [1.29, 1.82) is 0 Å². The van der Waals surface area contributed by atoms with Crippen molar-refractivity contribution >= 4 is 16.6 Å². The smallest absolute Gasteiger partial charge is 0.189 e. The number of ether oxygens (including phenoxy) is 2. The molecule has 112 valence electrons. The van der Waals surface area contributed by atoms with Gasteiger partial charge >= 0.3 is 0 Å². The fourth-order valence-electron chi connectivity index (χ4n) is 2.12. The third kappa shape index (κ3) is 3.80. The molecule has 1 N–H and O–H groups in total. The highest BCUT2D eigenvalue weighted by atomic mass is 16.5. The molecule has 0 aliphatic carbocycles. The Labute approximate surface area is 124 Å². The maximum atomic E-state index is 12.2. The summed E-state index contributed by atoms with van der Waals surface area (Å²) in [5.41, 5.74) is 0.628. The summed E-state index contributed by atoms with van der Waals surface area (Å²) >= 11 is 0. The molecule has 2 aromatic carbocycles. The van der Waals surface area contributed by atoms with E-state index in [9.17, 15) is 9.90 Å². The Kier molecular flexibility index (Phi) is 5.31. The fourth-order valence-corrected chi connectivity index (χ4v) is 2.12. The van der Waals surface area contributed by atoms with Crippen LogP contribution in [0.15, 0.2) is 36.4 Å². The van der Waals surface area contributed by atoms with Gasteiger partial charge in [-0.05, 0) is 31.4 Å². The second-order valence-electron chi connectivity index (χ2n) is 4.88. The van der Waals surface area contributed by atoms with E-state index in [1.54, 1.807) is 19.1 Å². The molecule has 2 aromatic rings. The summed E-state index contributed by atoms with van der Waals surface area (Å²) in [5, 5.41) is 11.0. The molecule has 0 fully saturated rings. The number of hydrogen-bond donors (Lipinski definition) is 1. The van der Waals surface area contributed by atoms with E-state index in [0.717, 1.165) is 10.8 Å². The first-order chi connectivity index (χ1) is 10.1. The summed E-state index contributed by atoms with van der Waals surface area (Å²) in [4.78, 5) is 12.2. The average molecular weight is 288 g/mol. The number of aliphatic hydroxyl groups excluding tert-OH is 1. The first-order valence-electron chi connectivity index (χ1n) is 7.07. The molecular weight excluding hydrogens is 268 g/mol. The predicted molar refractivity (Wildman–Crippen MR) is 81.9 cm³/mol. The molecule has 0 saturated carbocycles. The Morgan fingerprint density at radius 1 is 1.19 bits per heavy atom. The SMILES string of the molecule is CCOCC(=O)c1ccc(OC[C@H](C)O)c2ccccc12. The van der Waals surface area contributed by atoms with Crippen molar-refractivity contribution in [3.05, 3.63) is 42.0 Å². The maximum Gasteiger partial charge on any atom is 0.189 e. The Morgan fingerprint density at radius 2 is 1.90 bits per heavy atom. The molecule has 0 aromatic heterocycles. The Morgan fingerprint density at radius 3 is 2.57 bits per heavy atom. The van der Waals surface area contributed by atoms with Crippen LogP contribution < -0.4 is 4.74 Å². The minimum Gasteiger partial charge on any atom is -0.490 e. The third-order valence-electron chi connectivity index (χ3n) is 3.10. The first kappa shape index (κ1) is 15.5. The Bertz CT molecular complexity index is 619. The molecule has 0 amide bonds. The summed E-state index contributed by atoms with van der Waals surface area (Å²) in [6.45, 7) is 4.34. The number of aliphatic hydroxyl groups is 1. The van der Waals surface area contributed by atoms with E-state index < -0.39 is 6.10 Å². The zero-order chi connectivity index (χ0) is 15.2. The van der Waals surface area contributed by atoms with E-state index in [2.05, 4.69) is 0 Å². The van der Waals surface area contributed by atoms with E-state index in [4.69, 9.17) is 9.47 Å². The molecule has 21 heavy (non-hydrogen) atoms. The van der Waals surface area contributed by atoms with Crippen LogP contribution in [0.1, 0.15) is 24.2 Å². The monoisotopic (exact) mass is 288 g/mol. The topological polar surface area (TPSA) is 55.8 Å². The van der Waals surface area contributed by atoms with Gasteiger partial charge in [-0.25, -0.2) is 0 Å². The molecule has 1 atom stereocenters. The van der Waals surface area contributed by atoms with E-state index in [1.807, 2.05) is 31.2 Å². The zero-order valence-electron chi connectivity index (χ0n) is 12.3. The van der Waals surface area contributed by atoms with Crippen molar-refractivity contribution in [2.75, 3.05) is 19.8 Å². The van der Waals surface area contributed by atoms with Gasteiger partial charge in [-0.2, -0.15) is 0 Å². The van der Waals surface area contributed by atoms with Crippen LogP contribution in [-0.4, -0.2) is 36.8 Å². The number of Topliss-reactive ketones (excluding diaryl/α,β-unsaturated/α-hetero) is 1. The first-order valence-corrected chi connectivity index (χ1v) is 7.07. The maximum absolute atomic E-state index is 12.2. The van der Waals surface area contributed by atoms with Gasteiger partial charge in [0, 0.05) is 17.6 Å². The van der Waals surface area contributed by atoms with Crippen LogP contribution >= 0.6 is 0 Å². The molecule has 0 aliphatic rings. The number of benzene rings is 2. The number of carbonyl (C=O) groups is 1. The Hall–Kier alpha value is -1.91. The Balaban J connectivity index is 2.37. The molecule has 4 nitrogen and oxygen atoms in total. The van der Waals surface area contributed by atoms with Crippen molar-refractivity contribution in [2.24, 2.45) is 0 Å². The highest BCUT2D eigenvalue weighted by Crippen LogP contribution is 2.29. The van der Waals surface area contributed by atoms with Crippen LogP contribution in [0.3, 0.4) is 0 Å². The van der Waals surface area contributed by atoms with E-state index in [1.165, 1.54) is 0 Å². The van der Waals surface area contributed by atoms with Gasteiger partial charge in [0.25, 0.3) is 0 Å². The summed E-state index contributed by atoms with van der Waals surface area (Å²) in [7, 11) is 0. The molecule has 0 aliphatic heterocycles. The average Bonchev–Trinajstić information content (AvgIpc) is 2.50. The summed E-state index contributed by atoms with van der Waals surface area (Å²) in [6, 6.07) is 11.1. The van der Waals surface area contributed by atoms with Gasteiger partial charge in [-0.3, -0.25) is 4.79 Å². The molecule has 0 saturated heterocycles. The largest absolute Gasteiger partial charge is 0.490 e. The van der Waals surface area contributed by atoms with Gasteiger partial charge < -0.3 is 14.6 Å². The summed E-state index contributed by atoms with van der Waals surface area (Å²) in [6.07, 6.45) is -0.539. The van der Waals surface area contributed by atoms with Gasteiger partial charge in [-0.1, -0.05) is 24.3 Å². The third-order valence-corrected chi connectivity index (χ3v) is 3.10. The molecule has 0 heterocycles. The minimum atomic E-state index is -0.539. The zero-order valence-corrected chi connectivity index (χ0v) is 12.3. The van der Waals surface area contributed by atoms with Gasteiger partial charge in [0.05, 0.1) is 6.10 Å². The van der Waals surface area contributed by atoms with Crippen LogP contribution in [0.5, 0.6) is 5.75 Å². The number of carbonyl (C=O) groups excluding carboxylic acids is 1. The number of ketones is 1. The highest BCUT2D eigenvalue weighted by Gasteiger charge is 2.13. The lowest BCUT2D eigenvalue weighted by Gasteiger charge is -2.13. The van der Waals surface area contributed by atoms with Crippen molar-refractivity contribution in [3.8, 4) is 5.75 Å². The molecule has 4 heteroatoms. The molecule has 0 unspecified atom stereocenters. The normalized spacial score (nSPS) is 12.3. The van der Waals surface area contributed by atoms with Gasteiger partial charge in [0.1, 0.15) is 19.0 Å². The van der Waals surface area contributed by atoms with Crippen molar-refractivity contribution < 1.29 is 19.4 Å².